The highest BCUT2D eigenvalue weighted by Crippen LogP contribution is 2.24. The van der Waals surface area contributed by atoms with E-state index in [4.69, 9.17) is 16.3 Å². The summed E-state index contributed by atoms with van der Waals surface area (Å²) in [6.07, 6.45) is 0.550. The van der Waals surface area contributed by atoms with Crippen molar-refractivity contribution in [3.05, 3.63) is 28.8 Å². The van der Waals surface area contributed by atoms with Crippen LogP contribution in [0.4, 0.5) is 5.69 Å². The number of carbonyl (C=O) groups excluding carboxylic acids is 2. The largest absolute Gasteiger partial charge is 0.455 e. The normalized spacial score (nSPS) is 19.0. The van der Waals surface area contributed by atoms with Crippen molar-refractivity contribution in [3.63, 3.8) is 0 Å². The highest BCUT2D eigenvalue weighted by atomic mass is 35.5. The van der Waals surface area contributed by atoms with Crippen LogP contribution in [0.5, 0.6) is 0 Å². The summed E-state index contributed by atoms with van der Waals surface area (Å²) < 4.78 is 27.6. The molecule has 132 valence electrons. The molecule has 0 radical (unpaired) electrons. The number of benzene rings is 1. The van der Waals surface area contributed by atoms with Crippen LogP contribution in [-0.2, 0) is 24.2 Å². The second-order valence-corrected chi connectivity index (χ2v) is 9.46. The summed E-state index contributed by atoms with van der Waals surface area (Å²) in [5.74, 6) is -0.700. The Bertz CT molecular complexity index is 735. The van der Waals surface area contributed by atoms with E-state index in [1.54, 1.807) is 18.2 Å². The lowest BCUT2D eigenvalue weighted by molar-refractivity contribution is -0.144. The van der Waals surface area contributed by atoms with Crippen molar-refractivity contribution in [2.75, 3.05) is 29.2 Å². The zero-order valence-electron chi connectivity index (χ0n) is 13.1. The fourth-order valence-electron chi connectivity index (χ4n) is 2.18. The number of ether oxygens (including phenoxy) is 1. The maximum absolute atomic E-state index is 11.8. The molecule has 0 spiro atoms. The molecule has 1 saturated heterocycles. The van der Waals surface area contributed by atoms with Gasteiger partial charge in [-0.25, -0.2) is 8.42 Å². The quantitative estimate of drug-likeness (QED) is 0.746. The average molecular weight is 392 g/mol. The third kappa shape index (κ3) is 5.99. The molecule has 1 aromatic rings. The Kier molecular flexibility index (Phi) is 6.54. The summed E-state index contributed by atoms with van der Waals surface area (Å²) in [5.41, 5.74) is 1.41. The molecule has 0 saturated carbocycles. The molecule has 1 aliphatic heterocycles. The monoisotopic (exact) mass is 391 g/mol. The van der Waals surface area contributed by atoms with E-state index in [9.17, 15) is 18.0 Å². The van der Waals surface area contributed by atoms with Crippen molar-refractivity contribution in [1.29, 1.82) is 0 Å². The molecule has 1 heterocycles. The van der Waals surface area contributed by atoms with Crippen LogP contribution in [0.1, 0.15) is 12.0 Å². The van der Waals surface area contributed by atoms with Crippen LogP contribution in [0.15, 0.2) is 18.2 Å². The number of sulfone groups is 1. The molecular weight excluding hydrogens is 374 g/mol. The Morgan fingerprint density at radius 2 is 2.17 bits per heavy atom. The van der Waals surface area contributed by atoms with Gasteiger partial charge >= 0.3 is 5.97 Å². The molecule has 1 atom stereocenters. The van der Waals surface area contributed by atoms with Crippen LogP contribution in [0, 0.1) is 6.92 Å². The van der Waals surface area contributed by atoms with Crippen molar-refractivity contribution in [2.45, 2.75) is 18.6 Å². The van der Waals surface area contributed by atoms with E-state index in [2.05, 4.69) is 5.32 Å². The molecule has 2 rings (SSSR count). The van der Waals surface area contributed by atoms with Gasteiger partial charge in [-0.15, -0.1) is 11.8 Å². The molecule has 9 heteroatoms. The third-order valence-corrected chi connectivity index (χ3v) is 6.96. The molecule has 1 aromatic carbocycles. The second-order valence-electron chi connectivity index (χ2n) is 5.50. The van der Waals surface area contributed by atoms with Gasteiger partial charge in [-0.05, 0) is 31.0 Å². The molecule has 0 aliphatic carbocycles. The first-order chi connectivity index (χ1) is 11.2. The van der Waals surface area contributed by atoms with E-state index in [0.717, 1.165) is 5.56 Å². The number of anilines is 1. The molecule has 0 unspecified atom stereocenters. The number of hydrogen-bond acceptors (Lipinski definition) is 6. The minimum absolute atomic E-state index is 0.0314. The minimum atomic E-state index is -2.96. The fourth-order valence-corrected chi connectivity index (χ4v) is 5.79. The number of amides is 1. The summed E-state index contributed by atoms with van der Waals surface area (Å²) in [6.45, 7) is 1.43. The maximum Gasteiger partial charge on any atom is 0.316 e. The zero-order valence-corrected chi connectivity index (χ0v) is 15.5. The lowest BCUT2D eigenvalue weighted by Crippen LogP contribution is -2.22. The number of aryl methyl sites for hydroxylation is 1. The molecule has 24 heavy (non-hydrogen) atoms. The van der Waals surface area contributed by atoms with Crippen molar-refractivity contribution in [1.82, 2.24) is 0 Å². The van der Waals surface area contributed by atoms with Crippen LogP contribution >= 0.6 is 23.4 Å². The lowest BCUT2D eigenvalue weighted by atomic mass is 10.2. The van der Waals surface area contributed by atoms with E-state index in [1.165, 1.54) is 11.8 Å². The summed E-state index contributed by atoms with van der Waals surface area (Å²) in [4.78, 5) is 23.5. The van der Waals surface area contributed by atoms with Gasteiger partial charge < -0.3 is 10.1 Å². The van der Waals surface area contributed by atoms with Crippen molar-refractivity contribution >= 4 is 50.8 Å². The van der Waals surface area contributed by atoms with Gasteiger partial charge in [0.2, 0.25) is 0 Å². The van der Waals surface area contributed by atoms with Gasteiger partial charge in [-0.1, -0.05) is 17.7 Å². The minimum Gasteiger partial charge on any atom is -0.455 e. The fraction of sp³-hybridized carbons (Fsp3) is 0.467. The third-order valence-electron chi connectivity index (χ3n) is 3.47. The Morgan fingerprint density at radius 3 is 2.83 bits per heavy atom. The highest BCUT2D eigenvalue weighted by Gasteiger charge is 2.28. The molecule has 6 nitrogen and oxygen atoms in total. The molecule has 1 amide bonds. The summed E-state index contributed by atoms with van der Waals surface area (Å²) in [7, 11) is -2.96. The molecule has 0 bridgehead atoms. The predicted molar refractivity (Wildman–Crippen MR) is 95.3 cm³/mol. The Labute approximate surface area is 150 Å². The van der Waals surface area contributed by atoms with Crippen LogP contribution in [0.25, 0.3) is 0 Å². The van der Waals surface area contributed by atoms with Crippen LogP contribution in [-0.4, -0.2) is 49.4 Å². The van der Waals surface area contributed by atoms with Crippen molar-refractivity contribution in [2.24, 2.45) is 0 Å². The van der Waals surface area contributed by atoms with Gasteiger partial charge in [-0.3, -0.25) is 9.59 Å². The number of nitrogens with one attached hydrogen (secondary N) is 1. The smallest absolute Gasteiger partial charge is 0.316 e. The summed E-state index contributed by atoms with van der Waals surface area (Å²) in [6, 6.07) is 5.11. The van der Waals surface area contributed by atoms with Gasteiger partial charge in [0.05, 0.1) is 17.3 Å². The lowest BCUT2D eigenvalue weighted by Gasteiger charge is -2.10. The number of hydrogen-bond donors (Lipinski definition) is 1. The van der Waals surface area contributed by atoms with Crippen LogP contribution in [0.2, 0.25) is 5.02 Å². The summed E-state index contributed by atoms with van der Waals surface area (Å²) >= 11 is 7.12. The van der Waals surface area contributed by atoms with Gasteiger partial charge in [0.1, 0.15) is 0 Å². The van der Waals surface area contributed by atoms with Gasteiger partial charge in [0, 0.05) is 16.0 Å². The topological polar surface area (TPSA) is 89.5 Å². The Hall–Kier alpha value is -1.25. The Balaban J connectivity index is 1.71. The van der Waals surface area contributed by atoms with E-state index in [0.29, 0.717) is 17.1 Å². The van der Waals surface area contributed by atoms with E-state index in [1.807, 2.05) is 6.92 Å². The van der Waals surface area contributed by atoms with Crippen LogP contribution < -0.4 is 5.32 Å². The first kappa shape index (κ1) is 19.1. The standard InChI is InChI=1S/C15H18ClNO5S2/c1-10-2-3-11(16)6-13(10)17-14(18)7-22-15(19)8-23-12-4-5-24(20,21)9-12/h2-3,6,12H,4-5,7-9H2,1H3,(H,17,18)/t12-/m0/s1. The van der Waals surface area contributed by atoms with E-state index in [-0.39, 0.29) is 22.5 Å². The SMILES string of the molecule is Cc1ccc(Cl)cc1NC(=O)COC(=O)CS[C@H]1CCS(=O)(=O)C1. The number of thioether (sulfide) groups is 1. The first-order valence-corrected chi connectivity index (χ1v) is 10.5. The highest BCUT2D eigenvalue weighted by molar-refractivity contribution is 8.02. The Morgan fingerprint density at radius 1 is 1.42 bits per heavy atom. The second kappa shape index (κ2) is 8.22. The maximum atomic E-state index is 11.8. The molecule has 1 fully saturated rings. The van der Waals surface area contributed by atoms with E-state index < -0.39 is 28.3 Å². The predicted octanol–water partition coefficient (Wildman–Crippen LogP) is 2.05. The van der Waals surface area contributed by atoms with Gasteiger partial charge in [0.15, 0.2) is 16.4 Å². The number of halogens is 1. The van der Waals surface area contributed by atoms with E-state index >= 15 is 0 Å². The first-order valence-electron chi connectivity index (χ1n) is 7.29. The summed E-state index contributed by atoms with van der Waals surface area (Å²) in [5, 5.41) is 3.05. The molecule has 1 aliphatic rings. The van der Waals surface area contributed by atoms with Crippen molar-refractivity contribution < 1.29 is 22.7 Å². The van der Waals surface area contributed by atoms with Crippen molar-refractivity contribution in [3.8, 4) is 0 Å². The number of carbonyl (C=O) groups is 2. The molecule has 1 N–H and O–H groups in total. The molecular formula is C15H18ClNO5S2. The number of rotatable bonds is 6. The average Bonchev–Trinajstić information content (AvgIpc) is 2.86. The zero-order chi connectivity index (χ0) is 17.7. The number of esters is 1. The van der Waals surface area contributed by atoms with Crippen LogP contribution in [0.3, 0.4) is 0 Å². The van der Waals surface area contributed by atoms with Gasteiger partial charge in [-0.2, -0.15) is 0 Å². The molecule has 0 aromatic heterocycles. The van der Waals surface area contributed by atoms with Gasteiger partial charge in [0.25, 0.3) is 5.91 Å².